The molecule has 1 saturated heterocycles. The van der Waals surface area contributed by atoms with Crippen molar-refractivity contribution < 1.29 is 8.49 Å². The number of hydroxylamine groups is 1. The van der Waals surface area contributed by atoms with Crippen LogP contribution in [0.1, 0.15) is 0 Å². The van der Waals surface area contributed by atoms with Gasteiger partial charge in [-0.1, -0.05) is 0 Å². The van der Waals surface area contributed by atoms with Crippen molar-refractivity contribution in [2.24, 2.45) is 4.99 Å². The molecule has 1 unspecified atom stereocenters. The zero-order valence-corrected chi connectivity index (χ0v) is 4.99. The van der Waals surface area contributed by atoms with Crippen molar-refractivity contribution in [1.29, 1.82) is 0 Å². The molecule has 0 amide bonds. The molecule has 0 radical (unpaired) electrons. The average molecular weight is 135 g/mol. The van der Waals surface area contributed by atoms with Crippen LogP contribution in [0, 0.1) is 0 Å². The van der Waals surface area contributed by atoms with Crippen molar-refractivity contribution in [3.63, 3.8) is 0 Å². The third-order valence-corrected chi connectivity index (χ3v) is 1.21. The average Bonchev–Trinajstić information content (AvgIpc) is 2.14. The first kappa shape index (κ1) is 5.52. The van der Waals surface area contributed by atoms with E-state index in [9.17, 15) is 4.21 Å². The number of nitrogens with one attached hydrogen (secondary N) is 2. The Morgan fingerprint density at radius 2 is 2.62 bits per heavy atom. The lowest BCUT2D eigenvalue weighted by Crippen LogP contribution is -2.22. The number of guanidine groups is 1. The van der Waals surface area contributed by atoms with Gasteiger partial charge >= 0.3 is 0 Å². The first-order valence-electron chi connectivity index (χ1n) is 1.91. The Morgan fingerprint density at radius 3 is 2.88 bits per heavy atom. The van der Waals surface area contributed by atoms with Gasteiger partial charge in [0.2, 0.25) is 5.96 Å². The van der Waals surface area contributed by atoms with Crippen LogP contribution in [0.4, 0.5) is 0 Å². The second kappa shape index (κ2) is 2.10. The van der Waals surface area contributed by atoms with Crippen LogP contribution in [0.25, 0.3) is 0 Å². The maximum absolute atomic E-state index is 10.2. The fourth-order valence-corrected chi connectivity index (χ4v) is 0.776. The minimum Gasteiger partial charge on any atom is -0.254 e. The molecule has 1 fully saturated rings. The van der Waals surface area contributed by atoms with Crippen molar-refractivity contribution in [1.82, 2.24) is 10.2 Å². The molecule has 0 aliphatic carbocycles. The van der Waals surface area contributed by atoms with E-state index in [-0.39, 0.29) is 0 Å². The first-order valence-corrected chi connectivity index (χ1v) is 2.99. The molecule has 5 nitrogen and oxygen atoms in total. The largest absolute Gasteiger partial charge is 0.287 e. The van der Waals surface area contributed by atoms with E-state index in [2.05, 4.69) is 19.5 Å². The molecule has 0 aromatic heterocycles. The summed E-state index contributed by atoms with van der Waals surface area (Å²) in [5.41, 5.74) is 2.29. The van der Waals surface area contributed by atoms with Gasteiger partial charge in [-0.3, -0.25) is 4.99 Å². The molecular formula is C2H5N3O2S. The van der Waals surface area contributed by atoms with Crippen LogP contribution in [0.2, 0.25) is 0 Å². The van der Waals surface area contributed by atoms with Crippen LogP contribution < -0.4 is 10.2 Å². The van der Waals surface area contributed by atoms with Crippen molar-refractivity contribution in [3.8, 4) is 0 Å². The summed E-state index contributed by atoms with van der Waals surface area (Å²) in [6.45, 7) is 0. The molecule has 0 saturated carbocycles. The number of hydrogen-bond donors (Lipinski definition) is 2. The summed E-state index contributed by atoms with van der Waals surface area (Å²) < 4.78 is 17.0. The predicted octanol–water partition coefficient (Wildman–Crippen LogP) is -1.32. The van der Waals surface area contributed by atoms with E-state index in [4.69, 9.17) is 0 Å². The van der Waals surface area contributed by atoms with Gasteiger partial charge in [0.25, 0.3) is 11.3 Å². The molecule has 0 aromatic rings. The highest BCUT2D eigenvalue weighted by molar-refractivity contribution is 7.79. The lowest BCUT2D eigenvalue weighted by atomic mass is 11.0. The monoisotopic (exact) mass is 135 g/mol. The smallest absolute Gasteiger partial charge is 0.254 e. The lowest BCUT2D eigenvalue weighted by molar-refractivity contribution is 0.308. The van der Waals surface area contributed by atoms with E-state index in [1.807, 2.05) is 0 Å². The zero-order chi connectivity index (χ0) is 5.98. The van der Waals surface area contributed by atoms with E-state index in [0.29, 0.717) is 5.96 Å². The summed E-state index contributed by atoms with van der Waals surface area (Å²) in [4.78, 5) is 3.61. The molecule has 2 N–H and O–H groups in total. The molecule has 1 atom stereocenters. The molecule has 1 heterocycles. The van der Waals surface area contributed by atoms with E-state index >= 15 is 0 Å². The highest BCUT2D eigenvalue weighted by atomic mass is 32.2. The lowest BCUT2D eigenvalue weighted by Gasteiger charge is -1.84. The summed E-state index contributed by atoms with van der Waals surface area (Å²) in [5, 5.41) is 0. The number of aliphatic imine (C=N–C) groups is 1. The minimum absolute atomic E-state index is 0.392. The van der Waals surface area contributed by atoms with Gasteiger partial charge in [0.15, 0.2) is 0 Å². The highest BCUT2D eigenvalue weighted by Crippen LogP contribution is 1.83. The van der Waals surface area contributed by atoms with Gasteiger partial charge in [-0.05, 0) is 0 Å². The van der Waals surface area contributed by atoms with Crippen LogP contribution in [-0.2, 0) is 15.6 Å². The van der Waals surface area contributed by atoms with Crippen molar-refractivity contribution in [3.05, 3.63) is 0 Å². The van der Waals surface area contributed by atoms with Gasteiger partial charge in [0.05, 0.1) is 0 Å². The van der Waals surface area contributed by atoms with E-state index in [1.165, 1.54) is 0 Å². The number of nitrogens with zero attached hydrogens (tertiary/aromatic N) is 1. The third kappa shape index (κ3) is 0.958. The fraction of sp³-hybridized carbons (Fsp3) is 0.500. The SMILES string of the molecule is CN=C1NOS(=O)N1. The zero-order valence-electron chi connectivity index (χ0n) is 4.17. The summed E-state index contributed by atoms with van der Waals surface area (Å²) in [5.74, 6) is 0.392. The molecule has 1 aliphatic rings. The summed E-state index contributed by atoms with van der Waals surface area (Å²) >= 11 is -1.44. The van der Waals surface area contributed by atoms with Crippen molar-refractivity contribution >= 4 is 17.2 Å². The summed E-state index contributed by atoms with van der Waals surface area (Å²) in [6, 6.07) is 0. The Labute approximate surface area is 48.9 Å². The van der Waals surface area contributed by atoms with Crippen LogP contribution in [0.15, 0.2) is 4.99 Å². The summed E-state index contributed by atoms with van der Waals surface area (Å²) in [6.07, 6.45) is 0. The topological polar surface area (TPSA) is 62.7 Å². The Hall–Kier alpha value is -0.620. The van der Waals surface area contributed by atoms with E-state index in [1.54, 1.807) is 7.05 Å². The van der Waals surface area contributed by atoms with Crippen LogP contribution >= 0.6 is 0 Å². The molecule has 0 spiro atoms. The summed E-state index contributed by atoms with van der Waals surface area (Å²) in [7, 11) is 1.56. The quantitative estimate of drug-likeness (QED) is 0.433. The molecule has 0 aromatic carbocycles. The second-order valence-corrected chi connectivity index (χ2v) is 1.93. The third-order valence-electron chi connectivity index (χ3n) is 0.618. The Balaban J connectivity index is 2.56. The normalized spacial score (nSPS) is 32.1. The number of hydrogen-bond acceptors (Lipinski definition) is 3. The minimum atomic E-state index is -1.44. The van der Waals surface area contributed by atoms with Gasteiger partial charge in [-0.25, -0.2) is 14.4 Å². The fourth-order valence-electron chi connectivity index (χ4n) is 0.289. The molecule has 1 rings (SSSR count). The van der Waals surface area contributed by atoms with Crippen LogP contribution in [-0.4, -0.2) is 17.2 Å². The maximum Gasteiger partial charge on any atom is 0.287 e. The molecule has 1 aliphatic heterocycles. The van der Waals surface area contributed by atoms with E-state index < -0.39 is 11.3 Å². The van der Waals surface area contributed by atoms with Gasteiger partial charge < -0.3 is 0 Å². The van der Waals surface area contributed by atoms with Gasteiger partial charge in [-0.2, -0.15) is 4.28 Å². The number of rotatable bonds is 0. The maximum atomic E-state index is 10.2. The molecule has 0 bridgehead atoms. The highest BCUT2D eigenvalue weighted by Gasteiger charge is 2.12. The van der Waals surface area contributed by atoms with Crippen molar-refractivity contribution in [2.45, 2.75) is 0 Å². The molecule has 46 valence electrons. The molecule has 6 heteroatoms. The Bertz CT molecular complexity index is 144. The van der Waals surface area contributed by atoms with Gasteiger partial charge in [-0.15, -0.1) is 0 Å². The van der Waals surface area contributed by atoms with Crippen LogP contribution in [0.5, 0.6) is 0 Å². The predicted molar refractivity (Wildman–Crippen MR) is 28.9 cm³/mol. The second-order valence-electron chi connectivity index (χ2n) is 1.09. The standard InChI is InChI=1S/C2H5N3O2S/c1-3-2-4-7-8(6)5-2/h1H3,(H2,3,4,5). The van der Waals surface area contributed by atoms with Gasteiger partial charge in [0.1, 0.15) is 0 Å². The van der Waals surface area contributed by atoms with E-state index in [0.717, 1.165) is 0 Å². The van der Waals surface area contributed by atoms with Gasteiger partial charge in [0, 0.05) is 7.05 Å². The molecular weight excluding hydrogens is 130 g/mol. The first-order chi connectivity index (χ1) is 3.83. The Kier molecular flexibility index (Phi) is 1.45. The van der Waals surface area contributed by atoms with Crippen LogP contribution in [0.3, 0.4) is 0 Å². The molecule has 8 heavy (non-hydrogen) atoms. The Morgan fingerprint density at radius 1 is 1.88 bits per heavy atom. The van der Waals surface area contributed by atoms with Crippen molar-refractivity contribution in [2.75, 3.05) is 7.05 Å².